The lowest BCUT2D eigenvalue weighted by Gasteiger charge is -2.36. The quantitative estimate of drug-likeness (QED) is 0.412. The topological polar surface area (TPSA) is 47.6 Å². The molecule has 5 heteroatoms. The first kappa shape index (κ1) is 21.2. The highest BCUT2D eigenvalue weighted by molar-refractivity contribution is 6.74. The molecule has 0 bridgehead atoms. The molecule has 0 spiro atoms. The first-order valence-corrected chi connectivity index (χ1v) is 11.0. The average molecular weight is 330 g/mol. The van der Waals surface area contributed by atoms with Crippen LogP contribution in [0, 0.1) is 0 Å². The zero-order chi connectivity index (χ0) is 17.6. The van der Waals surface area contributed by atoms with Gasteiger partial charge in [-0.3, -0.25) is 0 Å². The molecule has 130 valence electrons. The van der Waals surface area contributed by atoms with Crippen molar-refractivity contribution in [1.82, 2.24) is 5.32 Å². The van der Waals surface area contributed by atoms with Crippen LogP contribution in [0.1, 0.15) is 54.4 Å². The van der Waals surface area contributed by atoms with Crippen LogP contribution >= 0.6 is 0 Å². The van der Waals surface area contributed by atoms with Gasteiger partial charge in [0.25, 0.3) is 0 Å². The van der Waals surface area contributed by atoms with E-state index in [0.29, 0.717) is 0 Å². The second-order valence-corrected chi connectivity index (χ2v) is 13.0. The van der Waals surface area contributed by atoms with E-state index in [4.69, 9.17) is 9.16 Å². The fourth-order valence-electron chi connectivity index (χ4n) is 1.55. The van der Waals surface area contributed by atoms with Gasteiger partial charge in [-0.1, -0.05) is 26.8 Å². The van der Waals surface area contributed by atoms with Crippen LogP contribution in [0.15, 0.2) is 12.7 Å². The largest absolute Gasteiger partial charge is 0.444 e. The molecule has 0 aliphatic carbocycles. The minimum Gasteiger partial charge on any atom is -0.444 e. The molecular weight excluding hydrogens is 294 g/mol. The standard InChI is InChI=1S/C17H35NO3Si/c1-10-14(18-15(19)21-16(2,3)4)12-11-13-20-22(8,9)17(5,6)7/h10,14H,1,11-13H2,2-9H3,(H,18,19). The van der Waals surface area contributed by atoms with Crippen molar-refractivity contribution in [2.24, 2.45) is 0 Å². The molecule has 0 saturated carbocycles. The maximum atomic E-state index is 11.7. The molecule has 0 aromatic rings. The number of alkyl carbamates (subject to hydrolysis) is 1. The summed E-state index contributed by atoms with van der Waals surface area (Å²) in [7, 11) is -1.69. The van der Waals surface area contributed by atoms with Gasteiger partial charge in [0.1, 0.15) is 5.60 Å². The molecule has 1 unspecified atom stereocenters. The Morgan fingerprint density at radius 1 is 1.23 bits per heavy atom. The van der Waals surface area contributed by atoms with E-state index in [0.717, 1.165) is 19.4 Å². The van der Waals surface area contributed by atoms with Crippen LogP contribution in [0.25, 0.3) is 0 Å². The van der Waals surface area contributed by atoms with Gasteiger partial charge in [-0.25, -0.2) is 4.79 Å². The van der Waals surface area contributed by atoms with Gasteiger partial charge >= 0.3 is 6.09 Å². The van der Waals surface area contributed by atoms with Crippen molar-refractivity contribution >= 4 is 14.4 Å². The molecule has 0 heterocycles. The Labute approximate surface area is 137 Å². The van der Waals surface area contributed by atoms with Crippen LogP contribution < -0.4 is 5.32 Å². The molecule has 0 aromatic heterocycles. The van der Waals surface area contributed by atoms with E-state index in [2.05, 4.69) is 45.8 Å². The lowest BCUT2D eigenvalue weighted by Crippen LogP contribution is -2.41. The highest BCUT2D eigenvalue weighted by Crippen LogP contribution is 2.36. The third kappa shape index (κ3) is 8.59. The molecule has 1 N–H and O–H groups in total. The Balaban J connectivity index is 4.17. The van der Waals surface area contributed by atoms with Crippen molar-refractivity contribution in [2.75, 3.05) is 6.61 Å². The maximum Gasteiger partial charge on any atom is 0.408 e. The van der Waals surface area contributed by atoms with Crippen molar-refractivity contribution in [1.29, 1.82) is 0 Å². The first-order valence-electron chi connectivity index (χ1n) is 8.04. The van der Waals surface area contributed by atoms with Crippen molar-refractivity contribution in [2.45, 2.75) is 84.2 Å². The number of hydrogen-bond acceptors (Lipinski definition) is 3. The SMILES string of the molecule is C=CC(CCCO[Si](C)(C)C(C)(C)C)NC(=O)OC(C)(C)C. The average Bonchev–Trinajstić information content (AvgIpc) is 2.29. The van der Waals surface area contributed by atoms with E-state index in [-0.39, 0.29) is 11.1 Å². The van der Waals surface area contributed by atoms with Gasteiger partial charge < -0.3 is 14.5 Å². The van der Waals surface area contributed by atoms with Gasteiger partial charge in [-0.15, -0.1) is 6.58 Å². The van der Waals surface area contributed by atoms with E-state index >= 15 is 0 Å². The molecule has 0 rings (SSSR count). The molecule has 0 saturated heterocycles. The summed E-state index contributed by atoms with van der Waals surface area (Å²) < 4.78 is 11.4. The molecule has 4 nitrogen and oxygen atoms in total. The normalized spacial score (nSPS) is 14.4. The second-order valence-electron chi connectivity index (χ2n) is 8.24. The van der Waals surface area contributed by atoms with Crippen LogP contribution in [-0.4, -0.2) is 32.7 Å². The van der Waals surface area contributed by atoms with E-state index < -0.39 is 20.0 Å². The van der Waals surface area contributed by atoms with E-state index in [1.54, 1.807) is 6.08 Å². The summed E-state index contributed by atoms with van der Waals surface area (Å²) in [4.78, 5) is 11.7. The molecule has 1 amide bonds. The number of ether oxygens (including phenoxy) is 1. The minimum atomic E-state index is -1.69. The molecule has 0 fully saturated rings. The Bertz CT molecular complexity index is 367. The minimum absolute atomic E-state index is 0.0853. The second kappa shape index (κ2) is 8.16. The Hall–Kier alpha value is -0.813. The van der Waals surface area contributed by atoms with Crippen LogP contribution in [-0.2, 0) is 9.16 Å². The van der Waals surface area contributed by atoms with Gasteiger partial charge in [0, 0.05) is 6.61 Å². The van der Waals surface area contributed by atoms with Crippen LogP contribution in [0.2, 0.25) is 18.1 Å². The summed E-state index contributed by atoms with van der Waals surface area (Å²) in [5, 5.41) is 3.05. The van der Waals surface area contributed by atoms with Gasteiger partial charge in [0.2, 0.25) is 0 Å². The highest BCUT2D eigenvalue weighted by atomic mass is 28.4. The first-order chi connectivity index (χ1) is 9.78. The fourth-order valence-corrected chi connectivity index (χ4v) is 2.64. The summed E-state index contributed by atoms with van der Waals surface area (Å²) in [6.45, 7) is 21.2. The van der Waals surface area contributed by atoms with E-state index in [1.165, 1.54) is 0 Å². The zero-order valence-corrected chi connectivity index (χ0v) is 16.7. The predicted molar refractivity (Wildman–Crippen MR) is 95.7 cm³/mol. The smallest absolute Gasteiger partial charge is 0.408 e. The van der Waals surface area contributed by atoms with Gasteiger partial charge in [-0.05, 0) is 51.7 Å². The number of carbonyl (C=O) groups excluding carboxylic acids is 1. The zero-order valence-electron chi connectivity index (χ0n) is 15.7. The summed E-state index contributed by atoms with van der Waals surface area (Å²) in [5.41, 5.74) is -0.485. The lowest BCUT2D eigenvalue weighted by atomic mass is 10.1. The molecule has 0 radical (unpaired) electrons. The van der Waals surface area contributed by atoms with E-state index in [1.807, 2.05) is 20.8 Å². The number of nitrogens with one attached hydrogen (secondary N) is 1. The van der Waals surface area contributed by atoms with Crippen molar-refractivity contribution < 1.29 is 14.0 Å². The molecule has 22 heavy (non-hydrogen) atoms. The molecule has 1 atom stereocenters. The van der Waals surface area contributed by atoms with Crippen LogP contribution in [0.5, 0.6) is 0 Å². The number of carbonyl (C=O) groups is 1. The summed E-state index contributed by atoms with van der Waals surface area (Å²) in [6, 6.07) is -0.0853. The van der Waals surface area contributed by atoms with Gasteiger partial charge in [0.05, 0.1) is 6.04 Å². The van der Waals surface area contributed by atoms with Crippen LogP contribution in [0.3, 0.4) is 0 Å². The highest BCUT2D eigenvalue weighted by Gasteiger charge is 2.36. The number of hydrogen-bond donors (Lipinski definition) is 1. The van der Waals surface area contributed by atoms with Gasteiger partial charge in [-0.2, -0.15) is 0 Å². The predicted octanol–water partition coefficient (Wildman–Crippen LogP) is 4.87. The maximum absolute atomic E-state index is 11.7. The molecule has 0 aliphatic heterocycles. The van der Waals surface area contributed by atoms with E-state index in [9.17, 15) is 4.79 Å². The van der Waals surface area contributed by atoms with Crippen LogP contribution in [0.4, 0.5) is 4.79 Å². The molecule has 0 aromatic carbocycles. The lowest BCUT2D eigenvalue weighted by molar-refractivity contribution is 0.0511. The Kier molecular flexibility index (Phi) is 7.85. The Morgan fingerprint density at radius 3 is 2.18 bits per heavy atom. The van der Waals surface area contributed by atoms with Crippen molar-refractivity contribution in [3.05, 3.63) is 12.7 Å². The summed E-state index contributed by atoms with van der Waals surface area (Å²) in [6.07, 6.45) is 3.04. The summed E-state index contributed by atoms with van der Waals surface area (Å²) in [5.74, 6) is 0. The number of amides is 1. The monoisotopic (exact) mass is 329 g/mol. The molecular formula is C17H35NO3Si. The van der Waals surface area contributed by atoms with Crippen molar-refractivity contribution in [3.8, 4) is 0 Å². The third-order valence-corrected chi connectivity index (χ3v) is 8.45. The van der Waals surface area contributed by atoms with Gasteiger partial charge in [0.15, 0.2) is 8.32 Å². The number of rotatable bonds is 7. The summed E-state index contributed by atoms with van der Waals surface area (Å²) >= 11 is 0. The fraction of sp³-hybridized carbons (Fsp3) is 0.824. The third-order valence-electron chi connectivity index (χ3n) is 3.92. The van der Waals surface area contributed by atoms with Crippen molar-refractivity contribution in [3.63, 3.8) is 0 Å². The Morgan fingerprint density at radius 2 is 1.77 bits per heavy atom. The molecule has 0 aliphatic rings.